The van der Waals surface area contributed by atoms with E-state index in [1.165, 1.54) is 42.3 Å². The molecule has 4 aliphatic rings. The van der Waals surface area contributed by atoms with Crippen LogP contribution < -0.4 is 24.3 Å². The number of nitrogens with one attached hydrogen (secondary N) is 1. The normalized spacial score (nSPS) is 25.2. The molecule has 0 radical (unpaired) electrons. The molecule has 0 amide bonds. The molecule has 0 saturated heterocycles. The minimum Gasteiger partial charge on any atom is -0.497 e. The Balaban J connectivity index is 1.03. The van der Waals surface area contributed by atoms with Gasteiger partial charge in [0.2, 0.25) is 0 Å². The van der Waals surface area contributed by atoms with Gasteiger partial charge in [-0.1, -0.05) is 43.6 Å². The van der Waals surface area contributed by atoms with Crippen molar-refractivity contribution in [2.75, 3.05) is 39.4 Å². The van der Waals surface area contributed by atoms with Gasteiger partial charge in [-0.3, -0.25) is 4.98 Å². The Morgan fingerprint density at radius 2 is 1.84 bits per heavy atom. The first-order chi connectivity index (χ1) is 28.2. The number of aryl methyl sites for hydroxylation is 1. The van der Waals surface area contributed by atoms with Crippen molar-refractivity contribution in [2.45, 2.75) is 108 Å². The zero-order valence-corrected chi connectivity index (χ0v) is 35.1. The van der Waals surface area contributed by atoms with E-state index >= 15 is 0 Å². The maximum absolute atomic E-state index is 13.7. The highest BCUT2D eigenvalue weighted by molar-refractivity contribution is 6.30. The molecule has 3 aliphatic carbocycles. The van der Waals surface area contributed by atoms with Gasteiger partial charge in [0.05, 0.1) is 40.6 Å². The highest BCUT2D eigenvalue weighted by atomic mass is 35.5. The number of fused-ring (bicyclic) bond motifs is 4. The van der Waals surface area contributed by atoms with E-state index in [0.717, 1.165) is 72.8 Å². The number of hydrogen-bond acceptors (Lipinski definition) is 9. The van der Waals surface area contributed by atoms with Crippen LogP contribution in [0.5, 0.6) is 23.0 Å². The van der Waals surface area contributed by atoms with Crippen LogP contribution in [0.1, 0.15) is 99.1 Å². The second-order valence-electron chi connectivity index (χ2n) is 17.1. The smallest absolute Gasteiger partial charge is 0.331 e. The molecule has 1 N–H and O–H groups in total. The number of pyridine rings is 1. The monoisotopic (exact) mass is 808 g/mol. The van der Waals surface area contributed by atoms with E-state index in [1.54, 1.807) is 7.11 Å². The Hall–Kier alpha value is -4.47. The molecule has 1 spiro atoms. The summed E-state index contributed by atoms with van der Waals surface area (Å²) in [6.45, 7) is 6.74. The van der Waals surface area contributed by atoms with E-state index in [9.17, 15) is 4.79 Å². The molecular weight excluding hydrogens is 752 g/mol. The van der Waals surface area contributed by atoms with Gasteiger partial charge < -0.3 is 33.7 Å². The Bertz CT molecular complexity index is 2060. The lowest BCUT2D eigenvalue weighted by molar-refractivity contribution is -0.148. The number of ether oxygens (including phenoxy) is 6. The molecule has 0 unspecified atom stereocenters. The van der Waals surface area contributed by atoms with Crippen molar-refractivity contribution in [1.82, 2.24) is 4.98 Å². The number of hydrogen-bond donors (Lipinski definition) is 1. The van der Waals surface area contributed by atoms with Gasteiger partial charge in [-0.05, 0) is 146 Å². The molecule has 1 aromatic heterocycles. The van der Waals surface area contributed by atoms with Crippen LogP contribution >= 0.6 is 11.6 Å². The van der Waals surface area contributed by atoms with Gasteiger partial charge in [-0.15, -0.1) is 0 Å². The molecule has 2 heterocycles. The first-order valence-corrected chi connectivity index (χ1v) is 21.5. The molecule has 10 heteroatoms. The van der Waals surface area contributed by atoms with Gasteiger partial charge in [-0.2, -0.15) is 0 Å². The lowest BCUT2D eigenvalue weighted by Gasteiger charge is -2.47. The topological polar surface area (TPSA) is 97.4 Å². The van der Waals surface area contributed by atoms with Crippen molar-refractivity contribution in [3.63, 3.8) is 0 Å². The van der Waals surface area contributed by atoms with Crippen LogP contribution in [0.4, 0.5) is 5.69 Å². The number of anilines is 1. The molecule has 0 bridgehead atoms. The number of carbonyl (C=O) groups is 1. The molecule has 8 rings (SSSR count). The minimum absolute atomic E-state index is 0.129. The number of esters is 1. The van der Waals surface area contributed by atoms with E-state index in [2.05, 4.69) is 31.3 Å². The van der Waals surface area contributed by atoms with E-state index in [1.807, 2.05) is 60.8 Å². The highest BCUT2D eigenvalue weighted by Crippen LogP contribution is 2.58. The zero-order valence-electron chi connectivity index (χ0n) is 34.3. The number of methoxy groups -OCH3 is 2. The third-order valence-corrected chi connectivity index (χ3v) is 13.5. The average molecular weight is 809 g/mol. The molecule has 1 fully saturated rings. The fourth-order valence-electron chi connectivity index (χ4n) is 10.2. The van der Waals surface area contributed by atoms with Gasteiger partial charge >= 0.3 is 5.97 Å². The third-order valence-electron chi connectivity index (χ3n) is 13.2. The summed E-state index contributed by atoms with van der Waals surface area (Å²) in [4.78, 5) is 18.4. The summed E-state index contributed by atoms with van der Waals surface area (Å²) < 4.78 is 36.7. The molecule has 1 aliphatic heterocycles. The number of carbonyl (C=O) groups excluding carboxylic acids is 1. The van der Waals surface area contributed by atoms with Gasteiger partial charge in [0.1, 0.15) is 23.1 Å². The van der Waals surface area contributed by atoms with Crippen molar-refractivity contribution in [2.24, 2.45) is 11.8 Å². The van der Waals surface area contributed by atoms with Crippen LogP contribution in [-0.4, -0.2) is 56.6 Å². The van der Waals surface area contributed by atoms with E-state index < -0.39 is 5.54 Å². The summed E-state index contributed by atoms with van der Waals surface area (Å²) in [5.41, 5.74) is 5.96. The van der Waals surface area contributed by atoms with Crippen LogP contribution in [-0.2, 0) is 39.1 Å². The Labute approximate surface area is 348 Å². The number of aromatic nitrogens is 1. The standard InChI is InChI=1S/C48H57ClN2O7/c1-31(28-57-42-15-21-50-41-10-5-7-32(2)45(41)42)23-35-24-34-25-44-43(56-22-16-39(58-44)30-55-29-33-11-13-38(53-3)14-12-33)27-40(34)47(35)17-19-48(20-18-47,46(52)54-4)51-37-9-6-8-36(49)26-37/h6,8-9,11-15,21,25-27,31-32,35,39,51H,5,7,10,16-20,22-24,28-30H2,1-4H3/t31-,32-,35+,39+,47?,48?/m1/s1. The van der Waals surface area contributed by atoms with Gasteiger partial charge in [0.25, 0.3) is 0 Å². The summed E-state index contributed by atoms with van der Waals surface area (Å²) in [5.74, 6) is 4.22. The Morgan fingerprint density at radius 3 is 2.62 bits per heavy atom. The second kappa shape index (κ2) is 17.4. The van der Waals surface area contributed by atoms with Gasteiger partial charge in [0, 0.05) is 34.6 Å². The number of nitrogens with zero attached hydrogens (tertiary/aromatic N) is 1. The molecular formula is C48H57ClN2O7. The summed E-state index contributed by atoms with van der Waals surface area (Å²) in [6.07, 6.45) is 10.6. The summed E-state index contributed by atoms with van der Waals surface area (Å²) in [5, 5.41) is 4.21. The van der Waals surface area contributed by atoms with E-state index in [-0.39, 0.29) is 17.5 Å². The molecule has 308 valence electrons. The number of halogens is 1. The fraction of sp³-hybridized carbons (Fsp3) is 0.500. The molecule has 3 aromatic carbocycles. The van der Waals surface area contributed by atoms with Crippen LogP contribution in [0.25, 0.3) is 0 Å². The molecule has 4 aromatic rings. The molecule has 4 atom stereocenters. The van der Waals surface area contributed by atoms with Crippen molar-refractivity contribution >= 4 is 23.3 Å². The van der Waals surface area contributed by atoms with Gasteiger partial charge in [0.15, 0.2) is 11.5 Å². The summed E-state index contributed by atoms with van der Waals surface area (Å²) in [6, 6.07) is 22.1. The second-order valence-corrected chi connectivity index (χ2v) is 17.5. The minimum atomic E-state index is -0.867. The van der Waals surface area contributed by atoms with Crippen LogP contribution in [0, 0.1) is 11.8 Å². The molecule has 1 saturated carbocycles. The van der Waals surface area contributed by atoms with E-state index in [0.29, 0.717) is 62.0 Å². The van der Waals surface area contributed by atoms with Crippen molar-refractivity contribution < 1.29 is 33.2 Å². The highest BCUT2D eigenvalue weighted by Gasteiger charge is 2.55. The fourth-order valence-corrected chi connectivity index (χ4v) is 10.4. The van der Waals surface area contributed by atoms with E-state index in [4.69, 9.17) is 45.0 Å². The first-order valence-electron chi connectivity index (χ1n) is 21.1. The summed E-state index contributed by atoms with van der Waals surface area (Å²) >= 11 is 6.39. The predicted molar refractivity (Wildman–Crippen MR) is 226 cm³/mol. The third kappa shape index (κ3) is 8.35. The maximum atomic E-state index is 13.7. The van der Waals surface area contributed by atoms with Crippen molar-refractivity contribution in [3.05, 3.63) is 106 Å². The molecule has 9 nitrogen and oxygen atoms in total. The zero-order chi connectivity index (χ0) is 40.3. The summed E-state index contributed by atoms with van der Waals surface area (Å²) in [7, 11) is 3.15. The molecule has 58 heavy (non-hydrogen) atoms. The SMILES string of the molecule is COC(=O)C1(Nc2cccc(Cl)c2)CCC2(CC1)c1cc3c(cc1C[C@@H]2C[C@@H](C)COc1ccnc2c1[C@H](C)CCC2)O[C@H](COCc1ccc(OC)cc1)CCO3. The predicted octanol–water partition coefficient (Wildman–Crippen LogP) is 10.0. The number of rotatable bonds is 13. The average Bonchev–Trinajstić information content (AvgIpc) is 3.35. The largest absolute Gasteiger partial charge is 0.497 e. The Morgan fingerprint density at radius 1 is 1.02 bits per heavy atom. The lowest BCUT2D eigenvalue weighted by Crippen LogP contribution is -2.53. The lowest BCUT2D eigenvalue weighted by atomic mass is 9.59. The maximum Gasteiger partial charge on any atom is 0.331 e. The van der Waals surface area contributed by atoms with Crippen molar-refractivity contribution in [3.8, 4) is 23.0 Å². The first kappa shape index (κ1) is 40.3. The van der Waals surface area contributed by atoms with Gasteiger partial charge in [-0.25, -0.2) is 4.79 Å². The van der Waals surface area contributed by atoms with Crippen LogP contribution in [0.15, 0.2) is 72.9 Å². The van der Waals surface area contributed by atoms with Crippen LogP contribution in [0.3, 0.4) is 0 Å². The van der Waals surface area contributed by atoms with Crippen molar-refractivity contribution in [1.29, 1.82) is 0 Å². The Kier molecular flexibility index (Phi) is 12.1. The quantitative estimate of drug-likeness (QED) is 0.132. The number of benzene rings is 3. The van der Waals surface area contributed by atoms with Crippen LogP contribution in [0.2, 0.25) is 5.02 Å².